The average Bonchev–Trinajstić information content (AvgIpc) is 2.16. The lowest BCUT2D eigenvalue weighted by molar-refractivity contribution is -0.145. The van der Waals surface area contributed by atoms with Gasteiger partial charge in [0.25, 0.3) is 0 Å². The Morgan fingerprint density at radius 3 is 2.40 bits per heavy atom. The normalized spacial score (nSPS) is 24.3. The zero-order valence-corrected chi connectivity index (χ0v) is 8.64. The van der Waals surface area contributed by atoms with Crippen molar-refractivity contribution in [2.24, 2.45) is 5.92 Å². The van der Waals surface area contributed by atoms with Crippen LogP contribution in [0, 0.1) is 5.92 Å². The molecule has 1 aliphatic carbocycles. The van der Waals surface area contributed by atoms with Gasteiger partial charge in [-0.15, -0.1) is 0 Å². The van der Waals surface area contributed by atoms with Crippen molar-refractivity contribution in [3.63, 3.8) is 0 Å². The highest BCUT2D eigenvalue weighted by Crippen LogP contribution is 2.41. The molecule has 0 saturated heterocycles. The van der Waals surface area contributed by atoms with Crippen LogP contribution in [0.3, 0.4) is 0 Å². The Labute approximate surface area is 88.7 Å². The molecule has 3 nitrogen and oxygen atoms in total. The van der Waals surface area contributed by atoms with Crippen molar-refractivity contribution >= 4 is 5.97 Å². The fourth-order valence-corrected chi connectivity index (χ4v) is 1.97. The van der Waals surface area contributed by atoms with Gasteiger partial charge in [-0.05, 0) is 36.5 Å². The Morgan fingerprint density at radius 1 is 1.33 bits per heavy atom. The van der Waals surface area contributed by atoms with Gasteiger partial charge in [-0.2, -0.15) is 0 Å². The van der Waals surface area contributed by atoms with Crippen molar-refractivity contribution in [1.29, 1.82) is 0 Å². The highest BCUT2D eigenvalue weighted by molar-refractivity contribution is 5.71. The van der Waals surface area contributed by atoms with Gasteiger partial charge in [0.1, 0.15) is 5.75 Å². The second-order valence-corrected chi connectivity index (χ2v) is 3.98. The Kier molecular flexibility index (Phi) is 2.62. The molecule has 0 spiro atoms. The lowest BCUT2D eigenvalue weighted by Gasteiger charge is -2.32. The van der Waals surface area contributed by atoms with Crippen LogP contribution in [0.15, 0.2) is 24.3 Å². The summed E-state index contributed by atoms with van der Waals surface area (Å²) < 4.78 is 5.07. The van der Waals surface area contributed by atoms with Crippen molar-refractivity contribution < 1.29 is 14.6 Å². The zero-order valence-electron chi connectivity index (χ0n) is 8.64. The molecule has 1 aromatic carbocycles. The maximum atomic E-state index is 10.6. The fourth-order valence-electron chi connectivity index (χ4n) is 1.97. The Hall–Kier alpha value is -1.51. The lowest BCUT2D eigenvalue weighted by Crippen LogP contribution is -2.28. The van der Waals surface area contributed by atoms with Crippen LogP contribution < -0.4 is 4.74 Å². The quantitative estimate of drug-likeness (QED) is 0.825. The monoisotopic (exact) mass is 206 g/mol. The SMILES string of the molecule is COc1ccc(C2CC(C(=O)O)C2)cc1. The van der Waals surface area contributed by atoms with E-state index in [9.17, 15) is 4.79 Å². The molecule has 3 heteroatoms. The van der Waals surface area contributed by atoms with Crippen molar-refractivity contribution in [3.05, 3.63) is 29.8 Å². The summed E-state index contributed by atoms with van der Waals surface area (Å²) in [5.41, 5.74) is 1.22. The first kappa shape index (κ1) is 10.0. The first-order chi connectivity index (χ1) is 7.20. The van der Waals surface area contributed by atoms with Gasteiger partial charge in [-0.1, -0.05) is 12.1 Å². The van der Waals surface area contributed by atoms with Crippen LogP contribution in [0.25, 0.3) is 0 Å². The summed E-state index contributed by atoms with van der Waals surface area (Å²) in [6.07, 6.45) is 1.53. The van der Waals surface area contributed by atoms with Crippen molar-refractivity contribution in [2.75, 3.05) is 7.11 Å². The molecule has 0 amide bonds. The number of carboxylic acid groups (broad SMARTS) is 1. The van der Waals surface area contributed by atoms with E-state index in [1.54, 1.807) is 7.11 Å². The van der Waals surface area contributed by atoms with E-state index in [1.165, 1.54) is 5.56 Å². The Balaban J connectivity index is 1.98. The summed E-state index contributed by atoms with van der Waals surface area (Å²) >= 11 is 0. The highest BCUT2D eigenvalue weighted by atomic mass is 16.5. The largest absolute Gasteiger partial charge is 0.497 e. The van der Waals surface area contributed by atoms with Crippen molar-refractivity contribution in [3.8, 4) is 5.75 Å². The summed E-state index contributed by atoms with van der Waals surface area (Å²) in [4.78, 5) is 10.6. The molecular formula is C12H14O3. The van der Waals surface area contributed by atoms with E-state index in [4.69, 9.17) is 9.84 Å². The number of benzene rings is 1. The van der Waals surface area contributed by atoms with Crippen molar-refractivity contribution in [1.82, 2.24) is 0 Å². The summed E-state index contributed by atoms with van der Waals surface area (Å²) in [6.45, 7) is 0. The standard InChI is InChI=1S/C12H14O3/c1-15-11-4-2-8(3-5-11)9-6-10(7-9)12(13)14/h2-5,9-10H,6-7H2,1H3,(H,13,14). The molecule has 1 aromatic rings. The smallest absolute Gasteiger partial charge is 0.306 e. The summed E-state index contributed by atoms with van der Waals surface area (Å²) in [5, 5.41) is 8.76. The maximum absolute atomic E-state index is 10.6. The number of aliphatic carboxylic acids is 1. The summed E-state index contributed by atoms with van der Waals surface area (Å²) in [6, 6.07) is 7.87. The first-order valence-electron chi connectivity index (χ1n) is 5.07. The van der Waals surface area contributed by atoms with E-state index >= 15 is 0 Å². The maximum Gasteiger partial charge on any atom is 0.306 e. The molecule has 0 aromatic heterocycles. The molecule has 0 aliphatic heterocycles. The Morgan fingerprint density at radius 2 is 1.93 bits per heavy atom. The minimum Gasteiger partial charge on any atom is -0.497 e. The molecule has 1 N–H and O–H groups in total. The molecule has 1 aliphatic rings. The topological polar surface area (TPSA) is 46.5 Å². The van der Waals surface area contributed by atoms with E-state index in [1.807, 2.05) is 24.3 Å². The van der Waals surface area contributed by atoms with Crippen LogP contribution in [0.4, 0.5) is 0 Å². The van der Waals surface area contributed by atoms with Gasteiger partial charge >= 0.3 is 5.97 Å². The van der Waals surface area contributed by atoms with E-state index in [0.29, 0.717) is 5.92 Å². The highest BCUT2D eigenvalue weighted by Gasteiger charge is 2.35. The second kappa shape index (κ2) is 3.93. The molecule has 2 rings (SSSR count). The number of hydrogen-bond donors (Lipinski definition) is 1. The van der Waals surface area contributed by atoms with Crippen LogP contribution in [0.2, 0.25) is 0 Å². The van der Waals surface area contributed by atoms with Gasteiger partial charge in [0.15, 0.2) is 0 Å². The van der Waals surface area contributed by atoms with E-state index in [-0.39, 0.29) is 5.92 Å². The molecule has 0 radical (unpaired) electrons. The predicted octanol–water partition coefficient (Wildman–Crippen LogP) is 2.27. The van der Waals surface area contributed by atoms with Gasteiger partial charge in [-0.25, -0.2) is 0 Å². The van der Waals surface area contributed by atoms with E-state index in [0.717, 1.165) is 18.6 Å². The molecular weight excluding hydrogens is 192 g/mol. The molecule has 1 fully saturated rings. The third kappa shape index (κ3) is 1.96. The number of methoxy groups -OCH3 is 1. The number of rotatable bonds is 3. The zero-order chi connectivity index (χ0) is 10.8. The number of hydrogen-bond acceptors (Lipinski definition) is 2. The minimum atomic E-state index is -0.667. The molecule has 1 saturated carbocycles. The van der Waals surface area contributed by atoms with Gasteiger partial charge in [0.2, 0.25) is 0 Å². The van der Waals surface area contributed by atoms with Gasteiger partial charge < -0.3 is 9.84 Å². The molecule has 0 atom stereocenters. The third-order valence-electron chi connectivity index (χ3n) is 3.07. The molecule has 80 valence electrons. The molecule has 15 heavy (non-hydrogen) atoms. The molecule has 0 bridgehead atoms. The van der Waals surface area contributed by atoms with E-state index in [2.05, 4.69) is 0 Å². The van der Waals surface area contributed by atoms with Crippen LogP contribution in [-0.4, -0.2) is 18.2 Å². The Bertz CT molecular complexity index is 350. The van der Waals surface area contributed by atoms with Gasteiger partial charge in [-0.3, -0.25) is 4.79 Å². The number of carbonyl (C=O) groups is 1. The number of ether oxygens (including phenoxy) is 1. The lowest BCUT2D eigenvalue weighted by atomic mass is 9.71. The third-order valence-corrected chi connectivity index (χ3v) is 3.07. The second-order valence-electron chi connectivity index (χ2n) is 3.98. The van der Waals surface area contributed by atoms with Crippen LogP contribution >= 0.6 is 0 Å². The first-order valence-corrected chi connectivity index (χ1v) is 5.07. The summed E-state index contributed by atoms with van der Waals surface area (Å²) in [5.74, 6) is 0.446. The van der Waals surface area contributed by atoms with E-state index < -0.39 is 5.97 Å². The van der Waals surface area contributed by atoms with Crippen molar-refractivity contribution in [2.45, 2.75) is 18.8 Å². The predicted molar refractivity (Wildman–Crippen MR) is 56.1 cm³/mol. The van der Waals surface area contributed by atoms with Crippen LogP contribution in [0.1, 0.15) is 24.3 Å². The van der Waals surface area contributed by atoms with Crippen LogP contribution in [-0.2, 0) is 4.79 Å². The van der Waals surface area contributed by atoms with Gasteiger partial charge in [0, 0.05) is 0 Å². The average molecular weight is 206 g/mol. The van der Waals surface area contributed by atoms with Crippen LogP contribution in [0.5, 0.6) is 5.75 Å². The minimum absolute atomic E-state index is 0.142. The fraction of sp³-hybridized carbons (Fsp3) is 0.417. The molecule has 0 unspecified atom stereocenters. The summed E-state index contributed by atoms with van der Waals surface area (Å²) in [7, 11) is 1.64. The van der Waals surface area contributed by atoms with Gasteiger partial charge in [0.05, 0.1) is 13.0 Å². The number of carboxylic acids is 1. The molecule has 0 heterocycles.